The van der Waals surface area contributed by atoms with Gasteiger partial charge < -0.3 is 20.3 Å². The molecule has 0 aliphatic carbocycles. The minimum Gasteiger partial charge on any atom is -0.485 e. The molecule has 0 spiro atoms. The molecule has 3 N–H and O–H groups in total. The highest BCUT2D eigenvalue weighted by Gasteiger charge is 2.42. The van der Waals surface area contributed by atoms with E-state index in [1.165, 1.54) is 4.90 Å². The Hall–Kier alpha value is -1.89. The third-order valence-corrected chi connectivity index (χ3v) is 5.69. The number of nitrogen functional groups attached to an aromatic ring is 1. The number of nitrogens with two attached hydrogens (primary N) is 1. The number of carboxylic acid groups (broad SMARTS) is 1. The molecule has 0 radical (unpaired) electrons. The Bertz CT molecular complexity index is 768. The van der Waals surface area contributed by atoms with Crippen LogP contribution in [-0.2, 0) is 0 Å². The van der Waals surface area contributed by atoms with Crippen LogP contribution in [0.25, 0.3) is 5.57 Å². The van der Waals surface area contributed by atoms with Crippen molar-refractivity contribution in [1.82, 2.24) is 4.90 Å². The highest BCUT2D eigenvalue weighted by atomic mass is 79.9. The number of ether oxygens (including phenoxy) is 2. The number of benzene rings is 1. The highest BCUT2D eigenvalue weighted by molar-refractivity contribution is 9.10. The summed E-state index contributed by atoms with van der Waals surface area (Å²) < 4.78 is 12.4. The fourth-order valence-electron chi connectivity index (χ4n) is 3.68. The summed E-state index contributed by atoms with van der Waals surface area (Å²) in [5.74, 6) is 1.14. The lowest BCUT2D eigenvalue weighted by molar-refractivity contribution is 0.118. The van der Waals surface area contributed by atoms with Crippen LogP contribution in [0.15, 0.2) is 10.5 Å². The zero-order valence-electron chi connectivity index (χ0n) is 14.9. The molecule has 3 rings (SSSR count). The van der Waals surface area contributed by atoms with E-state index in [1.54, 1.807) is 0 Å². The second-order valence-electron chi connectivity index (χ2n) is 7.45. The smallest absolute Gasteiger partial charge is 0.408 e. The predicted molar refractivity (Wildman–Crippen MR) is 100 cm³/mol. The van der Waals surface area contributed by atoms with Crippen LogP contribution in [0.3, 0.4) is 0 Å². The lowest BCUT2D eigenvalue weighted by Crippen LogP contribution is -2.44. The minimum atomic E-state index is -0.927. The van der Waals surface area contributed by atoms with Gasteiger partial charge in [-0.2, -0.15) is 0 Å². The maximum absolute atomic E-state index is 11.7. The Morgan fingerprint density at radius 1 is 1.32 bits per heavy atom. The molecule has 7 heteroatoms. The molecule has 1 unspecified atom stereocenters. The van der Waals surface area contributed by atoms with Crippen molar-refractivity contribution in [2.24, 2.45) is 5.41 Å². The van der Waals surface area contributed by atoms with Gasteiger partial charge in [-0.3, -0.25) is 4.90 Å². The SMILES string of the molecule is Cc1c(Br)c(N)c2c(c1C1=CCN(C(=O)O)C1C(C)(C)C)OCCO2. The lowest BCUT2D eigenvalue weighted by Gasteiger charge is -2.37. The van der Waals surface area contributed by atoms with Crippen LogP contribution in [-0.4, -0.2) is 41.9 Å². The van der Waals surface area contributed by atoms with Gasteiger partial charge in [-0.25, -0.2) is 4.79 Å². The van der Waals surface area contributed by atoms with Crippen molar-refractivity contribution in [2.75, 3.05) is 25.5 Å². The zero-order valence-corrected chi connectivity index (χ0v) is 16.4. The summed E-state index contributed by atoms with van der Waals surface area (Å²) in [6.07, 6.45) is 1.04. The summed E-state index contributed by atoms with van der Waals surface area (Å²) in [5, 5.41) is 9.63. The number of hydrogen-bond donors (Lipinski definition) is 2. The average Bonchev–Trinajstić information content (AvgIpc) is 2.98. The van der Waals surface area contributed by atoms with Crippen molar-refractivity contribution in [3.8, 4) is 11.5 Å². The first-order valence-corrected chi connectivity index (χ1v) is 9.01. The van der Waals surface area contributed by atoms with Crippen LogP contribution in [0.4, 0.5) is 10.5 Å². The van der Waals surface area contributed by atoms with Crippen LogP contribution < -0.4 is 15.2 Å². The Labute approximate surface area is 155 Å². The van der Waals surface area contributed by atoms with E-state index in [0.717, 1.165) is 21.2 Å². The van der Waals surface area contributed by atoms with Gasteiger partial charge in [-0.05, 0) is 39.4 Å². The van der Waals surface area contributed by atoms with Crippen LogP contribution in [0.1, 0.15) is 31.9 Å². The van der Waals surface area contributed by atoms with Crippen molar-refractivity contribution in [3.63, 3.8) is 0 Å². The van der Waals surface area contributed by atoms with Crippen LogP contribution >= 0.6 is 15.9 Å². The molecule has 2 heterocycles. The molecular weight excluding hydrogens is 388 g/mol. The van der Waals surface area contributed by atoms with Crippen molar-refractivity contribution in [2.45, 2.75) is 33.7 Å². The first kappa shape index (κ1) is 17.9. The molecule has 1 atom stereocenters. The third-order valence-electron chi connectivity index (χ3n) is 4.66. The van der Waals surface area contributed by atoms with Crippen molar-refractivity contribution in [3.05, 3.63) is 21.7 Å². The summed E-state index contributed by atoms with van der Waals surface area (Å²) in [6.45, 7) is 9.31. The summed E-state index contributed by atoms with van der Waals surface area (Å²) in [4.78, 5) is 13.2. The fraction of sp³-hybridized carbons (Fsp3) is 0.500. The molecule has 0 aromatic heterocycles. The average molecular weight is 411 g/mol. The number of nitrogens with zero attached hydrogens (tertiary/aromatic N) is 1. The second-order valence-corrected chi connectivity index (χ2v) is 8.24. The van der Waals surface area contributed by atoms with E-state index in [-0.39, 0.29) is 11.5 Å². The van der Waals surface area contributed by atoms with E-state index in [9.17, 15) is 9.90 Å². The summed E-state index contributed by atoms with van der Waals surface area (Å²) in [5.41, 5.74) is 9.17. The molecule has 25 heavy (non-hydrogen) atoms. The number of carbonyl (C=O) groups is 1. The molecule has 6 nitrogen and oxygen atoms in total. The van der Waals surface area contributed by atoms with Gasteiger partial charge in [0.05, 0.1) is 11.7 Å². The summed E-state index contributed by atoms with van der Waals surface area (Å²) >= 11 is 3.55. The number of halogens is 1. The van der Waals surface area contributed by atoms with E-state index < -0.39 is 6.09 Å². The molecule has 1 aromatic carbocycles. The Morgan fingerprint density at radius 2 is 1.92 bits per heavy atom. The van der Waals surface area contributed by atoms with Gasteiger partial charge in [0.2, 0.25) is 0 Å². The lowest BCUT2D eigenvalue weighted by atomic mass is 9.79. The Morgan fingerprint density at radius 3 is 2.48 bits per heavy atom. The highest BCUT2D eigenvalue weighted by Crippen LogP contribution is 2.51. The topological polar surface area (TPSA) is 85.0 Å². The largest absolute Gasteiger partial charge is 0.485 e. The van der Waals surface area contributed by atoms with E-state index >= 15 is 0 Å². The number of amides is 1. The summed E-state index contributed by atoms with van der Waals surface area (Å²) in [7, 11) is 0. The standard InChI is InChI=1S/C18H23BrN2O4/c1-9-11(14-15(13(20)12(9)19)25-8-7-24-14)10-5-6-21(17(22)23)16(10)18(2,3)4/h5,16H,6-8,20H2,1-4H3,(H,22,23). The van der Waals surface area contributed by atoms with Gasteiger partial charge in [0.1, 0.15) is 13.2 Å². The van der Waals surface area contributed by atoms with Crippen LogP contribution in [0, 0.1) is 12.3 Å². The minimum absolute atomic E-state index is 0.274. The van der Waals surface area contributed by atoms with E-state index in [2.05, 4.69) is 15.9 Å². The molecule has 2 aliphatic rings. The molecule has 0 bridgehead atoms. The summed E-state index contributed by atoms with van der Waals surface area (Å²) in [6, 6.07) is -0.283. The molecule has 0 saturated heterocycles. The van der Waals surface area contributed by atoms with Crippen molar-refractivity contribution < 1.29 is 19.4 Å². The van der Waals surface area contributed by atoms with Gasteiger partial charge in [0.25, 0.3) is 0 Å². The maximum Gasteiger partial charge on any atom is 0.408 e. The van der Waals surface area contributed by atoms with Crippen LogP contribution in [0.5, 0.6) is 11.5 Å². The number of hydrogen-bond acceptors (Lipinski definition) is 4. The normalized spacial score (nSPS) is 19.8. The van der Waals surface area contributed by atoms with Gasteiger partial charge >= 0.3 is 6.09 Å². The van der Waals surface area contributed by atoms with Crippen molar-refractivity contribution >= 4 is 33.3 Å². The fourth-order valence-corrected chi connectivity index (χ4v) is 4.05. The van der Waals surface area contributed by atoms with Gasteiger partial charge in [-0.1, -0.05) is 26.8 Å². The van der Waals surface area contributed by atoms with E-state index in [0.29, 0.717) is 36.9 Å². The van der Waals surface area contributed by atoms with Gasteiger partial charge in [-0.15, -0.1) is 0 Å². The molecule has 0 fully saturated rings. The molecule has 2 aliphatic heterocycles. The predicted octanol–water partition coefficient (Wildman–Crippen LogP) is 3.90. The first-order valence-electron chi connectivity index (χ1n) is 8.21. The molecular formula is C18H23BrN2O4. The quantitative estimate of drug-likeness (QED) is 0.685. The maximum atomic E-state index is 11.7. The van der Waals surface area contributed by atoms with Gasteiger partial charge in [0.15, 0.2) is 11.5 Å². The van der Waals surface area contributed by atoms with E-state index in [1.807, 2.05) is 33.8 Å². The number of fused-ring (bicyclic) bond motifs is 1. The Balaban J connectivity index is 2.22. The molecule has 1 amide bonds. The van der Waals surface area contributed by atoms with Crippen LogP contribution in [0.2, 0.25) is 0 Å². The first-order chi connectivity index (χ1) is 11.6. The number of anilines is 1. The van der Waals surface area contributed by atoms with E-state index in [4.69, 9.17) is 15.2 Å². The Kier molecular flexibility index (Phi) is 4.39. The monoisotopic (exact) mass is 410 g/mol. The van der Waals surface area contributed by atoms with Crippen molar-refractivity contribution in [1.29, 1.82) is 0 Å². The molecule has 136 valence electrons. The number of rotatable bonds is 1. The molecule has 1 aromatic rings. The third kappa shape index (κ3) is 2.84. The zero-order chi connectivity index (χ0) is 18.5. The molecule has 0 saturated carbocycles. The van der Waals surface area contributed by atoms with Gasteiger partial charge in [0, 0.05) is 16.6 Å². The second kappa shape index (κ2) is 6.12.